The molecule has 0 aromatic carbocycles. The van der Waals surface area contributed by atoms with Crippen LogP contribution in [0.1, 0.15) is 33.6 Å². The number of hydrogen-bond acceptors (Lipinski definition) is 3. The average molecular weight is 252 g/mol. The predicted molar refractivity (Wildman–Crippen MR) is 66.8 cm³/mol. The van der Waals surface area contributed by atoms with E-state index in [4.69, 9.17) is 4.74 Å². The topological polar surface area (TPSA) is 58.6 Å². The van der Waals surface area contributed by atoms with Crippen LogP contribution in [0.3, 0.4) is 0 Å². The van der Waals surface area contributed by atoms with Gasteiger partial charge in [0.1, 0.15) is 5.60 Å². The van der Waals surface area contributed by atoms with Gasteiger partial charge in [-0.2, -0.15) is 0 Å². The van der Waals surface area contributed by atoms with Crippen molar-refractivity contribution in [1.82, 2.24) is 10.2 Å². The molecule has 2 aliphatic heterocycles. The molecule has 0 bridgehead atoms. The number of carbonyl (C=O) groups is 2. The highest BCUT2D eigenvalue weighted by atomic mass is 16.6. The minimum Gasteiger partial charge on any atom is -0.444 e. The van der Waals surface area contributed by atoms with Gasteiger partial charge in [-0.25, -0.2) is 4.79 Å². The first kappa shape index (κ1) is 12.9. The van der Waals surface area contributed by atoms with Crippen LogP contribution in [0.5, 0.6) is 0 Å². The number of hydrogen-bond donors (Lipinski definition) is 1. The van der Waals surface area contributed by atoms with E-state index in [1.165, 1.54) is 0 Å². The summed E-state index contributed by atoms with van der Waals surface area (Å²) >= 11 is 0. The fraction of sp³-hybridized carbons (Fsp3) is 0.692. The monoisotopic (exact) mass is 252 g/mol. The molecule has 2 aliphatic rings. The van der Waals surface area contributed by atoms with Crippen molar-refractivity contribution in [1.29, 1.82) is 0 Å². The van der Waals surface area contributed by atoms with Crippen LogP contribution < -0.4 is 5.32 Å². The molecule has 1 unspecified atom stereocenters. The lowest BCUT2D eigenvalue weighted by atomic mass is 9.92. The van der Waals surface area contributed by atoms with Crippen molar-refractivity contribution in [3.63, 3.8) is 0 Å². The molecule has 1 fully saturated rings. The lowest BCUT2D eigenvalue weighted by molar-refractivity contribution is -0.121. The molecule has 0 aromatic heterocycles. The zero-order chi connectivity index (χ0) is 13.3. The highest BCUT2D eigenvalue weighted by Gasteiger charge is 2.31. The van der Waals surface area contributed by atoms with E-state index in [2.05, 4.69) is 5.32 Å². The summed E-state index contributed by atoms with van der Waals surface area (Å²) in [7, 11) is 0. The Morgan fingerprint density at radius 1 is 1.50 bits per heavy atom. The summed E-state index contributed by atoms with van der Waals surface area (Å²) < 4.78 is 5.35. The summed E-state index contributed by atoms with van der Waals surface area (Å²) in [6.45, 7) is 6.70. The Balaban J connectivity index is 1.99. The average Bonchev–Trinajstić information content (AvgIpc) is 2.26. The molecule has 2 heterocycles. The van der Waals surface area contributed by atoms with Crippen LogP contribution in [0.4, 0.5) is 4.79 Å². The normalized spacial score (nSPS) is 23.9. The van der Waals surface area contributed by atoms with E-state index in [0.717, 1.165) is 12.1 Å². The summed E-state index contributed by atoms with van der Waals surface area (Å²) in [4.78, 5) is 24.9. The van der Waals surface area contributed by atoms with Gasteiger partial charge in [0.15, 0.2) is 0 Å². The van der Waals surface area contributed by atoms with Crippen molar-refractivity contribution in [2.75, 3.05) is 13.1 Å². The third-order valence-corrected chi connectivity index (χ3v) is 3.07. The van der Waals surface area contributed by atoms with E-state index in [9.17, 15) is 9.59 Å². The van der Waals surface area contributed by atoms with E-state index in [0.29, 0.717) is 19.5 Å². The minimum absolute atomic E-state index is 0.0724. The predicted octanol–water partition coefficient (Wildman–Crippen LogP) is 1.65. The van der Waals surface area contributed by atoms with Gasteiger partial charge in [-0.1, -0.05) is 0 Å². The molecule has 5 nitrogen and oxygen atoms in total. The van der Waals surface area contributed by atoms with E-state index in [-0.39, 0.29) is 17.9 Å². The van der Waals surface area contributed by atoms with Crippen LogP contribution in [0.15, 0.2) is 11.8 Å². The highest BCUT2D eigenvalue weighted by molar-refractivity contribution is 5.79. The number of carbonyl (C=O) groups excluding carboxylic acids is 2. The zero-order valence-corrected chi connectivity index (χ0v) is 11.2. The first-order valence-electron chi connectivity index (χ1n) is 6.33. The molecule has 5 heteroatoms. The van der Waals surface area contributed by atoms with Crippen LogP contribution in [-0.2, 0) is 9.53 Å². The second-order valence-corrected chi connectivity index (χ2v) is 5.83. The molecule has 1 atom stereocenters. The van der Waals surface area contributed by atoms with Crippen LogP contribution in [0, 0.1) is 5.92 Å². The van der Waals surface area contributed by atoms with Crippen molar-refractivity contribution < 1.29 is 14.3 Å². The molecule has 1 saturated heterocycles. The summed E-state index contributed by atoms with van der Waals surface area (Å²) in [6.07, 6.45) is 2.96. The largest absolute Gasteiger partial charge is 0.444 e. The smallest absolute Gasteiger partial charge is 0.410 e. The Bertz CT molecular complexity index is 396. The second-order valence-electron chi connectivity index (χ2n) is 5.83. The van der Waals surface area contributed by atoms with Crippen LogP contribution in [0.25, 0.3) is 0 Å². The van der Waals surface area contributed by atoms with Gasteiger partial charge in [-0.15, -0.1) is 0 Å². The second kappa shape index (κ2) is 4.63. The molecule has 0 spiro atoms. The maximum Gasteiger partial charge on any atom is 0.410 e. The maximum atomic E-state index is 11.9. The summed E-state index contributed by atoms with van der Waals surface area (Å²) in [5.41, 5.74) is 0.494. The SMILES string of the molecule is CC(C)(C)OC(=O)N1CC=C2NC(=O)CCC2C1. The zero-order valence-electron chi connectivity index (χ0n) is 11.2. The quantitative estimate of drug-likeness (QED) is 0.713. The molecular formula is C13H20N2O3. The third-order valence-electron chi connectivity index (χ3n) is 3.07. The fourth-order valence-electron chi connectivity index (χ4n) is 2.22. The van der Waals surface area contributed by atoms with E-state index >= 15 is 0 Å². The van der Waals surface area contributed by atoms with Gasteiger partial charge in [0, 0.05) is 31.1 Å². The molecule has 2 amide bonds. The molecular weight excluding hydrogens is 232 g/mol. The van der Waals surface area contributed by atoms with E-state index in [1.54, 1.807) is 4.90 Å². The summed E-state index contributed by atoms with van der Waals surface area (Å²) in [6, 6.07) is 0. The van der Waals surface area contributed by atoms with Gasteiger partial charge in [-0.05, 0) is 33.3 Å². The lowest BCUT2D eigenvalue weighted by Gasteiger charge is -2.36. The number of fused-ring (bicyclic) bond motifs is 1. The van der Waals surface area contributed by atoms with Crippen molar-refractivity contribution in [2.24, 2.45) is 5.92 Å². The molecule has 18 heavy (non-hydrogen) atoms. The molecule has 100 valence electrons. The number of rotatable bonds is 0. The van der Waals surface area contributed by atoms with Gasteiger partial charge in [0.25, 0.3) is 0 Å². The fourth-order valence-corrected chi connectivity index (χ4v) is 2.22. The lowest BCUT2D eigenvalue weighted by Crippen LogP contribution is -2.46. The van der Waals surface area contributed by atoms with Gasteiger partial charge in [-0.3, -0.25) is 4.79 Å². The Morgan fingerprint density at radius 2 is 2.22 bits per heavy atom. The molecule has 0 radical (unpaired) electrons. The van der Waals surface area contributed by atoms with Gasteiger partial charge in [0.2, 0.25) is 5.91 Å². The number of amides is 2. The minimum atomic E-state index is -0.470. The van der Waals surface area contributed by atoms with Gasteiger partial charge < -0.3 is 15.0 Å². The van der Waals surface area contributed by atoms with Gasteiger partial charge in [0.05, 0.1) is 0 Å². The van der Waals surface area contributed by atoms with Crippen molar-refractivity contribution in [3.05, 3.63) is 11.8 Å². The Hall–Kier alpha value is -1.52. The Labute approximate surface area is 107 Å². The van der Waals surface area contributed by atoms with Crippen molar-refractivity contribution in [3.8, 4) is 0 Å². The standard InChI is InChI=1S/C13H20N2O3/c1-13(2,3)18-12(17)15-7-6-10-9(8-15)4-5-11(16)14-10/h6,9H,4-5,7-8H2,1-3H3,(H,14,16). The Morgan fingerprint density at radius 3 is 2.89 bits per heavy atom. The summed E-state index contributed by atoms with van der Waals surface area (Å²) in [5.74, 6) is 0.312. The van der Waals surface area contributed by atoms with Gasteiger partial charge >= 0.3 is 6.09 Å². The first-order chi connectivity index (χ1) is 8.35. The molecule has 0 aliphatic carbocycles. The van der Waals surface area contributed by atoms with Crippen LogP contribution in [0.2, 0.25) is 0 Å². The van der Waals surface area contributed by atoms with Crippen LogP contribution >= 0.6 is 0 Å². The summed E-state index contributed by atoms with van der Waals surface area (Å²) in [5, 5.41) is 2.87. The highest BCUT2D eigenvalue weighted by Crippen LogP contribution is 2.25. The van der Waals surface area contributed by atoms with E-state index in [1.807, 2.05) is 26.8 Å². The van der Waals surface area contributed by atoms with E-state index < -0.39 is 5.60 Å². The molecule has 0 aromatic rings. The first-order valence-corrected chi connectivity index (χ1v) is 6.33. The maximum absolute atomic E-state index is 11.9. The third kappa shape index (κ3) is 3.03. The number of piperidine rings is 1. The number of ether oxygens (including phenoxy) is 1. The number of nitrogens with one attached hydrogen (secondary N) is 1. The Kier molecular flexibility index (Phi) is 3.32. The number of nitrogens with zero attached hydrogens (tertiary/aromatic N) is 1. The molecule has 0 saturated carbocycles. The van der Waals surface area contributed by atoms with Crippen molar-refractivity contribution in [2.45, 2.75) is 39.2 Å². The molecule has 1 N–H and O–H groups in total. The van der Waals surface area contributed by atoms with Crippen LogP contribution in [-0.4, -0.2) is 35.6 Å². The molecule has 2 rings (SSSR count). The van der Waals surface area contributed by atoms with Crippen molar-refractivity contribution >= 4 is 12.0 Å².